The number of hydrogen-bond donors (Lipinski definition) is 1. The maximum absolute atomic E-state index is 13.0. The minimum atomic E-state index is -0.373. The number of nitrogens with one attached hydrogen (secondary N) is 1. The lowest BCUT2D eigenvalue weighted by atomic mass is 10.2. The molecule has 2 aromatic rings. The first-order chi connectivity index (χ1) is 13.3. The number of carbonyl (C=O) groups is 1. The molecule has 0 saturated carbocycles. The van der Waals surface area contributed by atoms with Gasteiger partial charge in [0.2, 0.25) is 5.91 Å². The molecule has 1 N–H and O–H groups in total. The average Bonchev–Trinajstić information content (AvgIpc) is 2.65. The highest BCUT2D eigenvalue weighted by Gasteiger charge is 2.19. The molecule has 1 atom stereocenters. The van der Waals surface area contributed by atoms with E-state index in [4.69, 9.17) is 16.3 Å². The van der Waals surface area contributed by atoms with Gasteiger partial charge in [-0.2, -0.15) is 0 Å². The quantitative estimate of drug-likeness (QED) is 0.356. The minimum absolute atomic E-state index is 0.0805. The van der Waals surface area contributed by atoms with E-state index in [2.05, 4.69) is 10.3 Å². The third-order valence-electron chi connectivity index (χ3n) is 4.05. The summed E-state index contributed by atoms with van der Waals surface area (Å²) in [5.74, 6) is 0.182. The Balaban J connectivity index is 2.21. The molecule has 2 rings (SSSR count). The number of rotatable bonds is 10. The second-order valence-corrected chi connectivity index (χ2v) is 8.71. The van der Waals surface area contributed by atoms with Crippen molar-refractivity contribution in [3.05, 3.63) is 33.6 Å². The molecule has 0 aliphatic carbocycles. The van der Waals surface area contributed by atoms with Crippen molar-refractivity contribution in [2.75, 3.05) is 19.8 Å². The first kappa shape index (κ1) is 22.7. The van der Waals surface area contributed by atoms with Gasteiger partial charge in [0, 0.05) is 31.3 Å². The van der Waals surface area contributed by atoms with E-state index in [1.54, 1.807) is 22.8 Å². The van der Waals surface area contributed by atoms with Crippen LogP contribution in [0.4, 0.5) is 0 Å². The van der Waals surface area contributed by atoms with Gasteiger partial charge in [0.05, 0.1) is 16.2 Å². The number of fused-ring (bicyclic) bond motifs is 1. The summed E-state index contributed by atoms with van der Waals surface area (Å²) in [5, 5.41) is 4.08. The smallest absolute Gasteiger partial charge is 0.262 e. The molecule has 0 aliphatic heterocycles. The summed E-state index contributed by atoms with van der Waals surface area (Å²) in [4.78, 5) is 30.0. The highest BCUT2D eigenvalue weighted by molar-refractivity contribution is 8.00. The first-order valence-electron chi connectivity index (χ1n) is 9.55. The molecule has 1 amide bonds. The molecule has 0 aliphatic rings. The highest BCUT2D eigenvalue weighted by atomic mass is 35.5. The molecular formula is C20H28ClN3O3S. The summed E-state index contributed by atoms with van der Waals surface area (Å²) >= 11 is 7.35. The number of carbonyl (C=O) groups excluding carboxylic acids is 1. The Labute approximate surface area is 175 Å². The van der Waals surface area contributed by atoms with Crippen LogP contribution in [0.5, 0.6) is 0 Å². The molecular weight excluding hydrogens is 398 g/mol. The van der Waals surface area contributed by atoms with Crippen molar-refractivity contribution in [1.29, 1.82) is 0 Å². The van der Waals surface area contributed by atoms with E-state index < -0.39 is 0 Å². The van der Waals surface area contributed by atoms with Crippen LogP contribution in [-0.2, 0) is 16.1 Å². The Bertz CT molecular complexity index is 870. The Hall–Kier alpha value is -1.57. The fourth-order valence-electron chi connectivity index (χ4n) is 2.67. The van der Waals surface area contributed by atoms with E-state index >= 15 is 0 Å². The zero-order valence-electron chi connectivity index (χ0n) is 16.8. The van der Waals surface area contributed by atoms with Crippen LogP contribution in [-0.4, -0.2) is 40.5 Å². The Morgan fingerprint density at radius 1 is 1.36 bits per heavy atom. The maximum atomic E-state index is 13.0. The van der Waals surface area contributed by atoms with Gasteiger partial charge in [-0.25, -0.2) is 4.98 Å². The summed E-state index contributed by atoms with van der Waals surface area (Å²) in [6.45, 7) is 10.2. The number of thioether (sulfide) groups is 1. The van der Waals surface area contributed by atoms with Crippen molar-refractivity contribution in [1.82, 2.24) is 14.9 Å². The van der Waals surface area contributed by atoms with E-state index in [-0.39, 0.29) is 22.6 Å². The third kappa shape index (κ3) is 6.22. The van der Waals surface area contributed by atoms with Gasteiger partial charge in [0.15, 0.2) is 5.16 Å². The molecule has 1 heterocycles. The number of amides is 1. The van der Waals surface area contributed by atoms with Crippen LogP contribution in [0.25, 0.3) is 10.9 Å². The predicted octanol–water partition coefficient (Wildman–Crippen LogP) is 3.73. The fourth-order valence-corrected chi connectivity index (χ4v) is 3.79. The van der Waals surface area contributed by atoms with Crippen molar-refractivity contribution >= 4 is 40.2 Å². The fraction of sp³-hybridized carbons (Fsp3) is 0.550. The Kier molecular flexibility index (Phi) is 8.79. The van der Waals surface area contributed by atoms with Crippen molar-refractivity contribution in [2.45, 2.75) is 51.1 Å². The molecule has 1 aromatic heterocycles. The van der Waals surface area contributed by atoms with Crippen LogP contribution >= 0.6 is 23.4 Å². The molecule has 0 fully saturated rings. The zero-order valence-corrected chi connectivity index (χ0v) is 18.4. The molecule has 28 heavy (non-hydrogen) atoms. The predicted molar refractivity (Wildman–Crippen MR) is 115 cm³/mol. The second-order valence-electron chi connectivity index (χ2n) is 6.97. The third-order valence-corrected chi connectivity index (χ3v) is 5.37. The topological polar surface area (TPSA) is 73.2 Å². The van der Waals surface area contributed by atoms with E-state index in [9.17, 15) is 9.59 Å². The van der Waals surface area contributed by atoms with Gasteiger partial charge in [-0.1, -0.05) is 37.2 Å². The molecule has 1 unspecified atom stereocenters. The van der Waals surface area contributed by atoms with Crippen molar-refractivity contribution in [3.63, 3.8) is 0 Å². The van der Waals surface area contributed by atoms with Gasteiger partial charge < -0.3 is 10.1 Å². The van der Waals surface area contributed by atoms with Gasteiger partial charge in [0.1, 0.15) is 0 Å². The van der Waals surface area contributed by atoms with Crippen molar-refractivity contribution in [3.8, 4) is 0 Å². The summed E-state index contributed by atoms with van der Waals surface area (Å²) < 4.78 is 6.92. The number of ether oxygens (including phenoxy) is 1. The minimum Gasteiger partial charge on any atom is -0.382 e. The van der Waals surface area contributed by atoms with E-state index in [0.717, 1.165) is 6.42 Å². The molecule has 0 saturated heterocycles. The molecule has 8 heteroatoms. The normalized spacial score (nSPS) is 12.5. The summed E-state index contributed by atoms with van der Waals surface area (Å²) in [6.07, 6.45) is 0.768. The van der Waals surface area contributed by atoms with E-state index in [1.165, 1.54) is 11.8 Å². The number of halogens is 1. The largest absolute Gasteiger partial charge is 0.382 e. The number of nitrogens with zero attached hydrogens (tertiary/aromatic N) is 2. The lowest BCUT2D eigenvalue weighted by Crippen LogP contribution is -2.33. The van der Waals surface area contributed by atoms with Crippen LogP contribution in [0.2, 0.25) is 5.02 Å². The van der Waals surface area contributed by atoms with Crippen LogP contribution in [0.15, 0.2) is 28.2 Å². The zero-order chi connectivity index (χ0) is 20.7. The summed E-state index contributed by atoms with van der Waals surface area (Å²) in [7, 11) is 0. The molecule has 0 bridgehead atoms. The first-order valence-corrected chi connectivity index (χ1v) is 10.8. The summed E-state index contributed by atoms with van der Waals surface area (Å²) in [5.41, 5.74) is 0.453. The number of hydrogen-bond acceptors (Lipinski definition) is 5. The molecule has 6 nitrogen and oxygen atoms in total. The Morgan fingerprint density at radius 3 is 2.79 bits per heavy atom. The average molecular weight is 426 g/mol. The van der Waals surface area contributed by atoms with Gasteiger partial charge in [-0.15, -0.1) is 0 Å². The van der Waals surface area contributed by atoms with Crippen LogP contribution < -0.4 is 10.9 Å². The monoisotopic (exact) mass is 425 g/mol. The number of aromatic nitrogens is 2. The van der Waals surface area contributed by atoms with Gasteiger partial charge >= 0.3 is 0 Å². The lowest BCUT2D eigenvalue weighted by molar-refractivity contribution is -0.120. The summed E-state index contributed by atoms with van der Waals surface area (Å²) in [6, 6.07) is 5.10. The van der Waals surface area contributed by atoms with E-state index in [1.807, 2.05) is 27.7 Å². The van der Waals surface area contributed by atoms with Gasteiger partial charge in [-0.05, 0) is 44.4 Å². The van der Waals surface area contributed by atoms with Crippen molar-refractivity contribution in [2.24, 2.45) is 5.92 Å². The van der Waals surface area contributed by atoms with E-state index in [0.29, 0.717) is 47.4 Å². The molecule has 0 radical (unpaired) electrons. The lowest BCUT2D eigenvalue weighted by Gasteiger charge is -2.17. The van der Waals surface area contributed by atoms with Crippen molar-refractivity contribution < 1.29 is 9.53 Å². The highest BCUT2D eigenvalue weighted by Crippen LogP contribution is 2.24. The van der Waals surface area contributed by atoms with Gasteiger partial charge in [-0.3, -0.25) is 14.2 Å². The standard InChI is InChI=1S/C20H28ClN3O3S/c1-5-27-10-6-9-22-18(25)14(4)28-20-23-17-8-7-15(21)11-16(17)19(26)24(20)12-13(2)3/h7-8,11,13-14H,5-6,9-10,12H2,1-4H3,(H,22,25). The van der Waals surface area contributed by atoms with Gasteiger partial charge in [0.25, 0.3) is 5.56 Å². The van der Waals surface area contributed by atoms with Crippen LogP contribution in [0.3, 0.4) is 0 Å². The van der Waals surface area contributed by atoms with Crippen LogP contribution in [0, 0.1) is 5.92 Å². The molecule has 1 aromatic carbocycles. The second kappa shape index (κ2) is 10.8. The SMILES string of the molecule is CCOCCCNC(=O)C(C)Sc1nc2ccc(Cl)cc2c(=O)n1CC(C)C. The maximum Gasteiger partial charge on any atom is 0.262 e. The molecule has 0 spiro atoms. The van der Waals surface area contributed by atoms with Crippen LogP contribution in [0.1, 0.15) is 34.1 Å². The number of benzene rings is 1. The Morgan fingerprint density at radius 2 is 2.11 bits per heavy atom. The molecule has 154 valence electrons.